The van der Waals surface area contributed by atoms with E-state index in [9.17, 15) is 14.3 Å². The molecule has 1 amide bonds. The SMILES string of the molecule is CC1CCN(Cc2cc(C(=O)NN)ccc2F)CC1O. The summed E-state index contributed by atoms with van der Waals surface area (Å²) in [7, 11) is 0. The molecule has 0 saturated carbocycles. The second kappa shape index (κ2) is 6.30. The number of nitrogens with one attached hydrogen (secondary N) is 1. The smallest absolute Gasteiger partial charge is 0.265 e. The lowest BCUT2D eigenvalue weighted by Gasteiger charge is -2.34. The van der Waals surface area contributed by atoms with E-state index in [-0.39, 0.29) is 17.8 Å². The number of rotatable bonds is 3. The summed E-state index contributed by atoms with van der Waals surface area (Å²) >= 11 is 0. The van der Waals surface area contributed by atoms with Gasteiger partial charge in [-0.15, -0.1) is 0 Å². The van der Waals surface area contributed by atoms with Crippen LogP contribution in [0.15, 0.2) is 18.2 Å². The molecule has 1 fully saturated rings. The number of nitrogens with two attached hydrogens (primary N) is 1. The lowest BCUT2D eigenvalue weighted by molar-refractivity contribution is 0.0255. The average Bonchev–Trinajstić information content (AvgIpc) is 2.44. The van der Waals surface area contributed by atoms with Gasteiger partial charge in [0.1, 0.15) is 5.82 Å². The van der Waals surface area contributed by atoms with Gasteiger partial charge in [0.15, 0.2) is 0 Å². The molecule has 2 rings (SSSR count). The van der Waals surface area contributed by atoms with E-state index < -0.39 is 5.91 Å². The van der Waals surface area contributed by atoms with E-state index in [1.165, 1.54) is 18.2 Å². The van der Waals surface area contributed by atoms with Crippen LogP contribution >= 0.6 is 0 Å². The molecule has 2 unspecified atom stereocenters. The average molecular weight is 281 g/mol. The van der Waals surface area contributed by atoms with Gasteiger partial charge in [0.25, 0.3) is 5.91 Å². The summed E-state index contributed by atoms with van der Waals surface area (Å²) in [4.78, 5) is 13.4. The van der Waals surface area contributed by atoms with Gasteiger partial charge in [-0.25, -0.2) is 10.2 Å². The molecule has 2 atom stereocenters. The van der Waals surface area contributed by atoms with Crippen LogP contribution in [0, 0.1) is 11.7 Å². The molecule has 1 aromatic rings. The molecule has 6 heteroatoms. The molecular weight excluding hydrogens is 261 g/mol. The third-order valence-corrected chi connectivity index (χ3v) is 3.84. The molecule has 1 aliphatic heterocycles. The van der Waals surface area contributed by atoms with Crippen molar-refractivity contribution in [2.45, 2.75) is 26.0 Å². The normalized spacial score (nSPS) is 23.6. The lowest BCUT2D eigenvalue weighted by Crippen LogP contribution is -2.42. The van der Waals surface area contributed by atoms with E-state index in [1.54, 1.807) is 0 Å². The van der Waals surface area contributed by atoms with Gasteiger partial charge in [-0.3, -0.25) is 15.1 Å². The van der Waals surface area contributed by atoms with Crippen molar-refractivity contribution < 1.29 is 14.3 Å². The fraction of sp³-hybridized carbons (Fsp3) is 0.500. The minimum atomic E-state index is -0.446. The van der Waals surface area contributed by atoms with Crippen LogP contribution in [-0.2, 0) is 6.54 Å². The van der Waals surface area contributed by atoms with E-state index in [2.05, 4.69) is 0 Å². The van der Waals surface area contributed by atoms with E-state index in [0.29, 0.717) is 24.2 Å². The van der Waals surface area contributed by atoms with Gasteiger partial charge in [-0.1, -0.05) is 6.92 Å². The predicted molar refractivity (Wildman–Crippen MR) is 73.1 cm³/mol. The van der Waals surface area contributed by atoms with Gasteiger partial charge in [-0.2, -0.15) is 0 Å². The van der Waals surface area contributed by atoms with Crippen molar-refractivity contribution in [3.8, 4) is 0 Å². The number of piperidine rings is 1. The van der Waals surface area contributed by atoms with Gasteiger partial charge in [-0.05, 0) is 37.1 Å². The first-order valence-electron chi connectivity index (χ1n) is 6.71. The lowest BCUT2D eigenvalue weighted by atomic mass is 9.95. The maximum Gasteiger partial charge on any atom is 0.265 e. The number of amides is 1. The Hall–Kier alpha value is -1.50. The van der Waals surface area contributed by atoms with Crippen LogP contribution in [0.2, 0.25) is 0 Å². The molecule has 0 bridgehead atoms. The second-order valence-corrected chi connectivity index (χ2v) is 5.35. The molecule has 0 radical (unpaired) electrons. The highest BCUT2D eigenvalue weighted by atomic mass is 19.1. The fourth-order valence-corrected chi connectivity index (χ4v) is 2.42. The molecule has 4 N–H and O–H groups in total. The quantitative estimate of drug-likeness (QED) is 0.431. The van der Waals surface area contributed by atoms with Crippen molar-refractivity contribution in [1.29, 1.82) is 0 Å². The summed E-state index contributed by atoms with van der Waals surface area (Å²) in [6.45, 7) is 3.72. The number of aliphatic hydroxyl groups is 1. The zero-order valence-corrected chi connectivity index (χ0v) is 11.5. The molecule has 0 aliphatic carbocycles. The molecule has 5 nitrogen and oxygen atoms in total. The molecule has 0 spiro atoms. The van der Waals surface area contributed by atoms with Crippen LogP contribution in [0.1, 0.15) is 29.3 Å². The van der Waals surface area contributed by atoms with Crippen LogP contribution in [0.5, 0.6) is 0 Å². The number of carbonyl (C=O) groups excluding carboxylic acids is 1. The van der Waals surface area contributed by atoms with Crippen LogP contribution in [0.3, 0.4) is 0 Å². The first-order chi connectivity index (χ1) is 9.51. The Morgan fingerprint density at radius 2 is 2.35 bits per heavy atom. The van der Waals surface area contributed by atoms with Crippen molar-refractivity contribution in [3.63, 3.8) is 0 Å². The number of halogens is 1. The molecule has 1 aliphatic rings. The van der Waals surface area contributed by atoms with Gasteiger partial charge in [0, 0.05) is 24.2 Å². The highest BCUT2D eigenvalue weighted by molar-refractivity contribution is 5.93. The maximum atomic E-state index is 13.8. The number of nitrogens with zero attached hydrogens (tertiary/aromatic N) is 1. The Labute approximate surface area is 117 Å². The molecule has 1 aromatic carbocycles. The second-order valence-electron chi connectivity index (χ2n) is 5.35. The summed E-state index contributed by atoms with van der Waals surface area (Å²) in [6, 6.07) is 4.17. The Balaban J connectivity index is 2.10. The third-order valence-electron chi connectivity index (χ3n) is 3.84. The minimum absolute atomic E-state index is 0.269. The fourth-order valence-electron chi connectivity index (χ4n) is 2.42. The first kappa shape index (κ1) is 14.9. The van der Waals surface area contributed by atoms with Gasteiger partial charge >= 0.3 is 0 Å². The Morgan fingerprint density at radius 3 is 3.00 bits per heavy atom. The van der Waals surface area contributed by atoms with Crippen molar-refractivity contribution in [2.24, 2.45) is 11.8 Å². The van der Waals surface area contributed by atoms with E-state index in [0.717, 1.165) is 13.0 Å². The van der Waals surface area contributed by atoms with Crippen LogP contribution in [-0.4, -0.2) is 35.1 Å². The van der Waals surface area contributed by atoms with Gasteiger partial charge in [0.2, 0.25) is 0 Å². The highest BCUT2D eigenvalue weighted by Crippen LogP contribution is 2.20. The summed E-state index contributed by atoms with van der Waals surface area (Å²) < 4.78 is 13.8. The molecule has 0 aromatic heterocycles. The van der Waals surface area contributed by atoms with E-state index >= 15 is 0 Å². The number of aliphatic hydroxyl groups excluding tert-OH is 1. The summed E-state index contributed by atoms with van der Waals surface area (Å²) in [5.74, 6) is 4.54. The Bertz CT molecular complexity index is 495. The largest absolute Gasteiger partial charge is 0.392 e. The first-order valence-corrected chi connectivity index (χ1v) is 6.71. The highest BCUT2D eigenvalue weighted by Gasteiger charge is 2.24. The summed E-state index contributed by atoms with van der Waals surface area (Å²) in [5, 5.41) is 9.86. The number of hydrazine groups is 1. The number of likely N-dealkylation sites (tertiary alicyclic amines) is 1. The van der Waals surface area contributed by atoms with Crippen molar-refractivity contribution in [1.82, 2.24) is 10.3 Å². The van der Waals surface area contributed by atoms with Crippen LogP contribution in [0.4, 0.5) is 4.39 Å². The molecular formula is C14H20FN3O2. The van der Waals surface area contributed by atoms with Crippen LogP contribution < -0.4 is 11.3 Å². The number of β-amino-alcohol motifs (C(OH)–C–C–N with tert-alkyl or cyclic N) is 1. The molecule has 20 heavy (non-hydrogen) atoms. The van der Waals surface area contributed by atoms with E-state index in [4.69, 9.17) is 5.84 Å². The third kappa shape index (κ3) is 3.33. The van der Waals surface area contributed by atoms with Gasteiger partial charge in [0.05, 0.1) is 6.10 Å². The minimum Gasteiger partial charge on any atom is -0.392 e. The van der Waals surface area contributed by atoms with E-state index in [1.807, 2.05) is 17.2 Å². The summed E-state index contributed by atoms with van der Waals surface area (Å²) in [6.07, 6.45) is 0.494. The monoisotopic (exact) mass is 281 g/mol. The van der Waals surface area contributed by atoms with Crippen LogP contribution in [0.25, 0.3) is 0 Å². The number of hydrogen-bond donors (Lipinski definition) is 3. The number of hydrogen-bond acceptors (Lipinski definition) is 4. The zero-order valence-electron chi connectivity index (χ0n) is 11.5. The predicted octanol–water partition coefficient (Wildman–Crippen LogP) is 0.632. The van der Waals surface area contributed by atoms with Crippen molar-refractivity contribution in [2.75, 3.05) is 13.1 Å². The molecule has 110 valence electrons. The molecule has 1 heterocycles. The zero-order chi connectivity index (χ0) is 14.7. The number of benzene rings is 1. The number of nitrogen functional groups attached to an aromatic ring is 1. The Morgan fingerprint density at radius 1 is 1.60 bits per heavy atom. The molecule has 1 saturated heterocycles. The maximum absolute atomic E-state index is 13.8. The topological polar surface area (TPSA) is 78.6 Å². The van der Waals surface area contributed by atoms with Crippen molar-refractivity contribution in [3.05, 3.63) is 35.1 Å². The van der Waals surface area contributed by atoms with Crippen molar-refractivity contribution >= 4 is 5.91 Å². The summed E-state index contributed by atoms with van der Waals surface area (Å²) in [5.41, 5.74) is 2.80. The van der Waals surface area contributed by atoms with Gasteiger partial charge < -0.3 is 5.11 Å². The number of carbonyl (C=O) groups is 1. The Kier molecular flexibility index (Phi) is 4.69. The standard InChI is InChI=1S/C14H20FN3O2/c1-9-4-5-18(8-13(9)19)7-11-6-10(14(20)17-16)2-3-12(11)15/h2-3,6,9,13,19H,4-5,7-8,16H2,1H3,(H,17,20).